The Hall–Kier alpha value is 0.0800. The summed E-state index contributed by atoms with van der Waals surface area (Å²) >= 11 is 2.42. The van der Waals surface area contributed by atoms with Crippen LogP contribution < -0.4 is 0 Å². The standard InChI is InChI=1S/C21H41IO5/c1-2-3-4-5-6-9-12-21(23)27-20-19-26-18-17-25-16-15-24-14-11-8-7-10-13-22/h2-20H2,1H3. The van der Waals surface area contributed by atoms with Crippen molar-refractivity contribution < 1.29 is 23.7 Å². The summed E-state index contributed by atoms with van der Waals surface area (Å²) in [6.45, 7) is 6.10. The van der Waals surface area contributed by atoms with Gasteiger partial charge in [-0.25, -0.2) is 0 Å². The Morgan fingerprint density at radius 2 is 1.15 bits per heavy atom. The van der Waals surface area contributed by atoms with E-state index >= 15 is 0 Å². The first-order chi connectivity index (χ1) is 13.3. The highest BCUT2D eigenvalue weighted by Crippen LogP contribution is 2.07. The fourth-order valence-corrected chi connectivity index (χ4v) is 3.07. The van der Waals surface area contributed by atoms with Crippen LogP contribution >= 0.6 is 22.6 Å². The molecule has 0 N–H and O–H groups in total. The van der Waals surface area contributed by atoms with Crippen LogP contribution in [0.2, 0.25) is 0 Å². The van der Waals surface area contributed by atoms with Gasteiger partial charge in [-0.2, -0.15) is 0 Å². The van der Waals surface area contributed by atoms with Gasteiger partial charge in [-0.15, -0.1) is 0 Å². The summed E-state index contributed by atoms with van der Waals surface area (Å²) in [5, 5.41) is 0. The van der Waals surface area contributed by atoms with Gasteiger partial charge in [0, 0.05) is 13.0 Å². The molecule has 0 aliphatic heterocycles. The average molecular weight is 500 g/mol. The Morgan fingerprint density at radius 1 is 0.630 bits per heavy atom. The Morgan fingerprint density at radius 3 is 1.81 bits per heavy atom. The van der Waals surface area contributed by atoms with Crippen molar-refractivity contribution in [1.82, 2.24) is 0 Å². The first-order valence-electron chi connectivity index (χ1n) is 10.8. The molecule has 162 valence electrons. The van der Waals surface area contributed by atoms with E-state index in [2.05, 4.69) is 29.5 Å². The Kier molecular flexibility index (Phi) is 24.2. The smallest absolute Gasteiger partial charge is 0.305 e. The summed E-state index contributed by atoms with van der Waals surface area (Å²) in [6.07, 6.45) is 12.6. The quantitative estimate of drug-likeness (QED) is 0.0871. The van der Waals surface area contributed by atoms with E-state index in [4.69, 9.17) is 18.9 Å². The second kappa shape index (κ2) is 24.1. The van der Waals surface area contributed by atoms with Gasteiger partial charge in [-0.05, 0) is 23.7 Å². The molecule has 0 heterocycles. The molecule has 0 aromatic carbocycles. The third-order valence-corrected chi connectivity index (χ3v) is 4.90. The fourth-order valence-electron chi connectivity index (χ4n) is 2.53. The van der Waals surface area contributed by atoms with Crippen molar-refractivity contribution in [3.63, 3.8) is 0 Å². The maximum absolute atomic E-state index is 11.5. The van der Waals surface area contributed by atoms with Crippen molar-refractivity contribution in [2.45, 2.75) is 77.6 Å². The van der Waals surface area contributed by atoms with Crippen LogP contribution in [0.15, 0.2) is 0 Å². The van der Waals surface area contributed by atoms with E-state index in [0.29, 0.717) is 46.1 Å². The summed E-state index contributed by atoms with van der Waals surface area (Å²) in [4.78, 5) is 11.5. The summed E-state index contributed by atoms with van der Waals surface area (Å²) < 4.78 is 22.8. The van der Waals surface area contributed by atoms with Crippen LogP contribution in [0.4, 0.5) is 0 Å². The molecule has 0 bridgehead atoms. The number of carbonyl (C=O) groups is 1. The predicted molar refractivity (Wildman–Crippen MR) is 119 cm³/mol. The van der Waals surface area contributed by atoms with Gasteiger partial charge in [0.15, 0.2) is 0 Å². The molecule has 0 spiro atoms. The zero-order valence-corrected chi connectivity index (χ0v) is 19.5. The van der Waals surface area contributed by atoms with Gasteiger partial charge in [0.2, 0.25) is 0 Å². The topological polar surface area (TPSA) is 54.0 Å². The molecule has 0 unspecified atom stereocenters. The summed E-state index contributed by atoms with van der Waals surface area (Å²) in [7, 11) is 0. The number of hydrogen-bond acceptors (Lipinski definition) is 5. The van der Waals surface area contributed by atoms with Gasteiger partial charge < -0.3 is 18.9 Å². The van der Waals surface area contributed by atoms with Crippen LogP contribution in [0.5, 0.6) is 0 Å². The number of esters is 1. The number of rotatable bonds is 22. The van der Waals surface area contributed by atoms with E-state index in [1.807, 2.05) is 0 Å². The number of carbonyl (C=O) groups excluding carboxylic acids is 1. The maximum atomic E-state index is 11.5. The maximum Gasteiger partial charge on any atom is 0.305 e. The van der Waals surface area contributed by atoms with Gasteiger partial charge >= 0.3 is 5.97 Å². The normalized spacial score (nSPS) is 11.0. The van der Waals surface area contributed by atoms with Crippen molar-refractivity contribution in [3.8, 4) is 0 Å². The van der Waals surface area contributed by atoms with Crippen molar-refractivity contribution in [2.75, 3.05) is 50.7 Å². The molecule has 0 saturated carbocycles. The summed E-state index contributed by atoms with van der Waals surface area (Å²) in [5.41, 5.74) is 0. The largest absolute Gasteiger partial charge is 0.463 e. The van der Waals surface area contributed by atoms with Gasteiger partial charge in [0.1, 0.15) is 6.61 Å². The molecule has 0 rings (SSSR count). The predicted octanol–water partition coefficient (Wildman–Crippen LogP) is 5.33. The minimum Gasteiger partial charge on any atom is -0.463 e. The van der Waals surface area contributed by atoms with Crippen LogP contribution in [-0.4, -0.2) is 56.6 Å². The molecule has 0 aliphatic carbocycles. The zero-order chi connectivity index (χ0) is 19.8. The summed E-state index contributed by atoms with van der Waals surface area (Å²) in [5.74, 6) is -0.114. The summed E-state index contributed by atoms with van der Waals surface area (Å²) in [6, 6.07) is 0. The minimum absolute atomic E-state index is 0.114. The van der Waals surface area contributed by atoms with E-state index < -0.39 is 0 Å². The third kappa shape index (κ3) is 24.0. The molecular formula is C21H41IO5. The number of halogens is 1. The SMILES string of the molecule is CCCCCCCCC(=O)OCCOCCOCCOCCCCCCI. The lowest BCUT2D eigenvalue weighted by molar-refractivity contribution is -0.145. The van der Waals surface area contributed by atoms with Crippen molar-refractivity contribution in [1.29, 1.82) is 0 Å². The van der Waals surface area contributed by atoms with E-state index in [9.17, 15) is 4.79 Å². The molecule has 0 radical (unpaired) electrons. The van der Waals surface area contributed by atoms with Crippen LogP contribution in [0.1, 0.15) is 77.6 Å². The van der Waals surface area contributed by atoms with Crippen LogP contribution in [-0.2, 0) is 23.7 Å². The van der Waals surface area contributed by atoms with E-state index in [1.54, 1.807) is 0 Å². The monoisotopic (exact) mass is 500 g/mol. The average Bonchev–Trinajstić information content (AvgIpc) is 2.67. The van der Waals surface area contributed by atoms with Crippen molar-refractivity contribution >= 4 is 28.6 Å². The third-order valence-electron chi connectivity index (χ3n) is 4.14. The Bertz CT molecular complexity index is 302. The molecule has 0 fully saturated rings. The first kappa shape index (κ1) is 27.1. The van der Waals surface area contributed by atoms with Crippen molar-refractivity contribution in [3.05, 3.63) is 0 Å². The molecule has 0 saturated heterocycles. The molecule has 0 aromatic heterocycles. The van der Waals surface area contributed by atoms with E-state index in [0.717, 1.165) is 25.9 Å². The lowest BCUT2D eigenvalue weighted by Crippen LogP contribution is -2.14. The minimum atomic E-state index is -0.114. The number of unbranched alkanes of at least 4 members (excludes halogenated alkanes) is 8. The Labute approximate surface area is 180 Å². The second-order valence-electron chi connectivity index (χ2n) is 6.68. The second-order valence-corrected chi connectivity index (χ2v) is 7.76. The molecule has 0 aliphatic rings. The highest BCUT2D eigenvalue weighted by atomic mass is 127. The highest BCUT2D eigenvalue weighted by Gasteiger charge is 2.02. The zero-order valence-electron chi connectivity index (χ0n) is 17.4. The lowest BCUT2D eigenvalue weighted by Gasteiger charge is -2.08. The van der Waals surface area contributed by atoms with Gasteiger partial charge in [-0.3, -0.25) is 4.79 Å². The van der Waals surface area contributed by atoms with Gasteiger partial charge in [-0.1, -0.05) is 74.5 Å². The number of alkyl halides is 1. The molecule has 5 nitrogen and oxygen atoms in total. The molecule has 0 atom stereocenters. The van der Waals surface area contributed by atoms with Crippen LogP contribution in [0.3, 0.4) is 0 Å². The highest BCUT2D eigenvalue weighted by molar-refractivity contribution is 14.1. The fraction of sp³-hybridized carbons (Fsp3) is 0.952. The molecule has 0 aromatic rings. The molecular weight excluding hydrogens is 459 g/mol. The Balaban J connectivity index is 3.10. The molecule has 27 heavy (non-hydrogen) atoms. The lowest BCUT2D eigenvalue weighted by atomic mass is 10.1. The van der Waals surface area contributed by atoms with Crippen molar-refractivity contribution in [2.24, 2.45) is 0 Å². The molecule has 6 heteroatoms. The van der Waals surface area contributed by atoms with Gasteiger partial charge in [0.25, 0.3) is 0 Å². The number of ether oxygens (including phenoxy) is 4. The van der Waals surface area contributed by atoms with Gasteiger partial charge in [0.05, 0.1) is 33.0 Å². The van der Waals surface area contributed by atoms with Crippen LogP contribution in [0.25, 0.3) is 0 Å². The molecule has 0 amide bonds. The first-order valence-corrected chi connectivity index (χ1v) is 12.3. The number of hydrogen-bond donors (Lipinski definition) is 0. The van der Waals surface area contributed by atoms with E-state index in [-0.39, 0.29) is 5.97 Å². The van der Waals surface area contributed by atoms with Crippen LogP contribution in [0, 0.1) is 0 Å². The van der Waals surface area contributed by atoms with E-state index in [1.165, 1.54) is 49.4 Å².